The molecule has 3 rings (SSSR count). The summed E-state index contributed by atoms with van der Waals surface area (Å²) < 4.78 is 29.6. The van der Waals surface area contributed by atoms with Crippen molar-refractivity contribution < 1.29 is 22.7 Å². The SMILES string of the molecule is CS(=O)(=O)NCCc1ccc(C(=O)OCC(=O)Nc2ccc(N3CCCC3)cc2)s1. The minimum Gasteiger partial charge on any atom is -0.451 e. The highest BCUT2D eigenvalue weighted by Gasteiger charge is 2.14. The van der Waals surface area contributed by atoms with E-state index >= 15 is 0 Å². The number of anilines is 2. The quantitative estimate of drug-likeness (QED) is 0.567. The number of nitrogens with one attached hydrogen (secondary N) is 2. The molecule has 1 saturated heterocycles. The summed E-state index contributed by atoms with van der Waals surface area (Å²) in [5, 5.41) is 2.72. The van der Waals surface area contributed by atoms with Crippen LogP contribution in [0, 0.1) is 0 Å². The van der Waals surface area contributed by atoms with Gasteiger partial charge in [0, 0.05) is 35.9 Å². The number of nitrogens with zero attached hydrogens (tertiary/aromatic N) is 1. The summed E-state index contributed by atoms with van der Waals surface area (Å²) >= 11 is 1.22. The van der Waals surface area contributed by atoms with Crippen molar-refractivity contribution in [2.75, 3.05) is 42.7 Å². The van der Waals surface area contributed by atoms with Crippen LogP contribution >= 0.6 is 11.3 Å². The van der Waals surface area contributed by atoms with E-state index in [0.29, 0.717) is 17.0 Å². The Labute approximate surface area is 180 Å². The summed E-state index contributed by atoms with van der Waals surface area (Å²) in [5.41, 5.74) is 1.79. The number of esters is 1. The van der Waals surface area contributed by atoms with Gasteiger partial charge in [0.1, 0.15) is 4.88 Å². The molecule has 2 aromatic rings. The van der Waals surface area contributed by atoms with Gasteiger partial charge in [0.2, 0.25) is 10.0 Å². The minimum absolute atomic E-state index is 0.257. The Morgan fingerprint density at radius 2 is 1.80 bits per heavy atom. The summed E-state index contributed by atoms with van der Waals surface area (Å²) in [4.78, 5) is 27.7. The molecule has 2 heterocycles. The third-order valence-electron chi connectivity index (χ3n) is 4.56. The van der Waals surface area contributed by atoms with Crippen LogP contribution in [0.2, 0.25) is 0 Å². The second-order valence-electron chi connectivity index (χ2n) is 7.05. The van der Waals surface area contributed by atoms with Gasteiger partial charge in [-0.1, -0.05) is 0 Å². The van der Waals surface area contributed by atoms with Gasteiger partial charge >= 0.3 is 5.97 Å². The van der Waals surface area contributed by atoms with E-state index in [0.717, 1.165) is 29.9 Å². The highest BCUT2D eigenvalue weighted by atomic mass is 32.2. The first kappa shape index (κ1) is 22.3. The van der Waals surface area contributed by atoms with E-state index in [2.05, 4.69) is 14.9 Å². The normalized spacial score (nSPS) is 14.0. The van der Waals surface area contributed by atoms with E-state index in [9.17, 15) is 18.0 Å². The molecule has 1 aromatic heterocycles. The Balaban J connectivity index is 1.42. The average Bonchev–Trinajstić information content (AvgIpc) is 3.38. The molecule has 1 aromatic carbocycles. The third kappa shape index (κ3) is 6.82. The van der Waals surface area contributed by atoms with Crippen molar-refractivity contribution >= 4 is 44.6 Å². The van der Waals surface area contributed by atoms with Gasteiger partial charge < -0.3 is 15.0 Å². The molecule has 1 aliphatic heterocycles. The first-order valence-corrected chi connectivity index (χ1v) is 12.4. The third-order valence-corrected chi connectivity index (χ3v) is 6.41. The highest BCUT2D eigenvalue weighted by Crippen LogP contribution is 2.22. The van der Waals surface area contributed by atoms with E-state index in [1.54, 1.807) is 12.1 Å². The van der Waals surface area contributed by atoms with Crippen LogP contribution in [-0.2, 0) is 26.0 Å². The maximum Gasteiger partial charge on any atom is 0.348 e. The molecule has 0 aliphatic carbocycles. The average molecular weight is 452 g/mol. The van der Waals surface area contributed by atoms with Crippen molar-refractivity contribution in [3.05, 3.63) is 46.2 Å². The van der Waals surface area contributed by atoms with E-state index in [4.69, 9.17) is 4.74 Å². The van der Waals surface area contributed by atoms with E-state index in [1.807, 2.05) is 24.3 Å². The molecule has 1 amide bonds. The lowest BCUT2D eigenvalue weighted by molar-refractivity contribution is -0.119. The standard InChI is InChI=1S/C20H25N3O5S2/c1-30(26,27)21-11-10-17-8-9-18(29-17)20(25)28-14-19(24)22-15-4-6-16(7-5-15)23-12-2-3-13-23/h4-9,21H,2-3,10-14H2,1H3,(H,22,24). The van der Waals surface area contributed by atoms with Crippen LogP contribution in [0.3, 0.4) is 0 Å². The number of hydrogen-bond acceptors (Lipinski definition) is 7. The Kier molecular flexibility index (Phi) is 7.46. The summed E-state index contributed by atoms with van der Waals surface area (Å²) in [5.74, 6) is -0.992. The summed E-state index contributed by atoms with van der Waals surface area (Å²) in [7, 11) is -3.24. The summed E-state index contributed by atoms with van der Waals surface area (Å²) in [6, 6.07) is 11.0. The molecule has 2 N–H and O–H groups in total. The van der Waals surface area contributed by atoms with Crippen LogP contribution in [0.15, 0.2) is 36.4 Å². The number of hydrogen-bond donors (Lipinski definition) is 2. The molecule has 10 heteroatoms. The Morgan fingerprint density at radius 1 is 1.10 bits per heavy atom. The molecule has 1 fully saturated rings. The van der Waals surface area contributed by atoms with Gasteiger partial charge in [-0.15, -0.1) is 11.3 Å². The lowest BCUT2D eigenvalue weighted by atomic mass is 10.2. The summed E-state index contributed by atoms with van der Waals surface area (Å²) in [6.07, 6.45) is 3.97. The Hall–Kier alpha value is -2.43. The van der Waals surface area contributed by atoms with Crippen LogP contribution < -0.4 is 14.9 Å². The zero-order valence-corrected chi connectivity index (χ0v) is 18.4. The number of amides is 1. The largest absolute Gasteiger partial charge is 0.451 e. The zero-order valence-electron chi connectivity index (χ0n) is 16.7. The number of rotatable bonds is 9. The first-order chi connectivity index (χ1) is 14.3. The molecule has 162 valence electrons. The minimum atomic E-state index is -3.24. The molecule has 30 heavy (non-hydrogen) atoms. The lowest BCUT2D eigenvalue weighted by Gasteiger charge is -2.17. The van der Waals surface area contributed by atoms with Crippen molar-refractivity contribution in [2.24, 2.45) is 0 Å². The van der Waals surface area contributed by atoms with Crippen LogP contribution in [-0.4, -0.2) is 52.8 Å². The van der Waals surface area contributed by atoms with Crippen LogP contribution in [0.1, 0.15) is 27.4 Å². The molecule has 0 unspecified atom stereocenters. The fourth-order valence-corrected chi connectivity index (χ4v) is 4.49. The second kappa shape index (κ2) is 10.1. The van der Waals surface area contributed by atoms with E-state index < -0.39 is 21.9 Å². The van der Waals surface area contributed by atoms with Crippen molar-refractivity contribution in [1.29, 1.82) is 0 Å². The maximum absolute atomic E-state index is 12.1. The predicted molar refractivity (Wildman–Crippen MR) is 118 cm³/mol. The molecule has 0 spiro atoms. The van der Waals surface area contributed by atoms with Crippen LogP contribution in [0.4, 0.5) is 11.4 Å². The molecule has 0 radical (unpaired) electrons. The number of ether oxygens (including phenoxy) is 1. The lowest BCUT2D eigenvalue weighted by Crippen LogP contribution is -2.24. The van der Waals surface area contributed by atoms with Crippen molar-refractivity contribution in [2.45, 2.75) is 19.3 Å². The number of benzene rings is 1. The van der Waals surface area contributed by atoms with E-state index in [-0.39, 0.29) is 13.2 Å². The second-order valence-corrected chi connectivity index (χ2v) is 10.0. The predicted octanol–water partition coefficient (Wildman–Crippen LogP) is 2.24. The zero-order chi connectivity index (χ0) is 21.6. The summed E-state index contributed by atoms with van der Waals surface area (Å²) in [6.45, 7) is 1.99. The van der Waals surface area contributed by atoms with Gasteiger partial charge in [-0.25, -0.2) is 17.9 Å². The fraction of sp³-hybridized carbons (Fsp3) is 0.400. The smallest absolute Gasteiger partial charge is 0.348 e. The Bertz CT molecular complexity index is 980. The van der Waals surface area contributed by atoms with Crippen molar-refractivity contribution in [1.82, 2.24) is 4.72 Å². The van der Waals surface area contributed by atoms with Gasteiger partial charge in [-0.2, -0.15) is 0 Å². The van der Waals surface area contributed by atoms with Crippen molar-refractivity contribution in [3.63, 3.8) is 0 Å². The molecule has 0 atom stereocenters. The molecule has 0 saturated carbocycles. The van der Waals surface area contributed by atoms with E-state index in [1.165, 1.54) is 24.2 Å². The molecule has 8 nitrogen and oxygen atoms in total. The monoisotopic (exact) mass is 451 g/mol. The molecular weight excluding hydrogens is 426 g/mol. The molecule has 0 bridgehead atoms. The number of sulfonamides is 1. The van der Waals surface area contributed by atoms with Gasteiger partial charge in [-0.05, 0) is 55.7 Å². The highest BCUT2D eigenvalue weighted by molar-refractivity contribution is 7.88. The van der Waals surface area contributed by atoms with Crippen molar-refractivity contribution in [3.8, 4) is 0 Å². The van der Waals surface area contributed by atoms with Gasteiger partial charge in [-0.3, -0.25) is 4.79 Å². The Morgan fingerprint density at radius 3 is 2.47 bits per heavy atom. The number of thiophene rings is 1. The van der Waals surface area contributed by atoms with Gasteiger partial charge in [0.05, 0.1) is 6.26 Å². The molecular formula is C20H25N3O5S2. The van der Waals surface area contributed by atoms with Crippen LogP contribution in [0.5, 0.6) is 0 Å². The van der Waals surface area contributed by atoms with Crippen LogP contribution in [0.25, 0.3) is 0 Å². The molecule has 1 aliphatic rings. The maximum atomic E-state index is 12.1. The van der Waals surface area contributed by atoms with Gasteiger partial charge in [0.25, 0.3) is 5.91 Å². The number of carbonyl (C=O) groups excluding carboxylic acids is 2. The topological polar surface area (TPSA) is 105 Å². The van der Waals surface area contributed by atoms with Gasteiger partial charge in [0.15, 0.2) is 6.61 Å². The number of carbonyl (C=O) groups is 2. The fourth-order valence-electron chi connectivity index (χ4n) is 3.11. The first-order valence-electron chi connectivity index (χ1n) is 9.65.